The van der Waals surface area contributed by atoms with Gasteiger partial charge in [0.2, 0.25) is 0 Å². The maximum atomic E-state index is 11.3. The molecule has 0 aromatic rings. The highest BCUT2D eigenvalue weighted by Gasteiger charge is 2.18. The van der Waals surface area contributed by atoms with Crippen LogP contribution >= 0.6 is 0 Å². The van der Waals surface area contributed by atoms with Crippen LogP contribution in [0.15, 0.2) is 0 Å². The van der Waals surface area contributed by atoms with Crippen molar-refractivity contribution in [3.05, 3.63) is 0 Å². The van der Waals surface area contributed by atoms with Crippen LogP contribution in [0.2, 0.25) is 0 Å². The third kappa shape index (κ3) is 9.44. The molecule has 0 heterocycles. The Morgan fingerprint density at radius 3 is 2.13 bits per heavy atom. The SMILES string of the molecule is CC(C)CCC(=O)CC(=O)OC(C)(C)C. The lowest BCUT2D eigenvalue weighted by atomic mass is 10.0. The molecule has 0 saturated carbocycles. The van der Waals surface area contributed by atoms with Crippen molar-refractivity contribution in [3.8, 4) is 0 Å². The first-order valence-corrected chi connectivity index (χ1v) is 5.44. The number of esters is 1. The largest absolute Gasteiger partial charge is 0.460 e. The molecule has 0 aliphatic heterocycles. The van der Waals surface area contributed by atoms with Gasteiger partial charge in [-0.05, 0) is 33.1 Å². The van der Waals surface area contributed by atoms with Crippen molar-refractivity contribution < 1.29 is 14.3 Å². The second-order valence-electron chi connectivity index (χ2n) is 5.23. The molecule has 0 spiro atoms. The molecule has 0 aliphatic rings. The van der Waals surface area contributed by atoms with Crippen molar-refractivity contribution >= 4 is 11.8 Å². The van der Waals surface area contributed by atoms with E-state index in [0.717, 1.165) is 6.42 Å². The second kappa shape index (κ2) is 5.89. The summed E-state index contributed by atoms with van der Waals surface area (Å²) in [6.45, 7) is 9.50. The summed E-state index contributed by atoms with van der Waals surface area (Å²) in [5.74, 6) is 0.0433. The molecule has 15 heavy (non-hydrogen) atoms. The van der Waals surface area contributed by atoms with Crippen LogP contribution in [0.1, 0.15) is 53.9 Å². The average molecular weight is 214 g/mol. The summed E-state index contributed by atoms with van der Waals surface area (Å²) in [7, 11) is 0. The van der Waals surface area contributed by atoms with Crippen LogP contribution in [0, 0.1) is 5.92 Å². The van der Waals surface area contributed by atoms with Crippen LogP contribution in [0.4, 0.5) is 0 Å². The first kappa shape index (κ1) is 14.1. The van der Waals surface area contributed by atoms with E-state index in [0.29, 0.717) is 12.3 Å². The van der Waals surface area contributed by atoms with Crippen LogP contribution in [-0.4, -0.2) is 17.4 Å². The summed E-state index contributed by atoms with van der Waals surface area (Å²) < 4.78 is 5.06. The summed E-state index contributed by atoms with van der Waals surface area (Å²) in [4.78, 5) is 22.6. The summed E-state index contributed by atoms with van der Waals surface area (Å²) in [6.07, 6.45) is 1.21. The van der Waals surface area contributed by atoms with Gasteiger partial charge in [-0.2, -0.15) is 0 Å². The minimum absolute atomic E-state index is 0.0297. The molecule has 0 radical (unpaired) electrons. The fourth-order valence-corrected chi connectivity index (χ4v) is 1.08. The van der Waals surface area contributed by atoms with Gasteiger partial charge in [0.25, 0.3) is 0 Å². The van der Waals surface area contributed by atoms with Crippen LogP contribution in [-0.2, 0) is 14.3 Å². The lowest BCUT2D eigenvalue weighted by Crippen LogP contribution is -2.25. The third-order valence-electron chi connectivity index (χ3n) is 1.76. The zero-order chi connectivity index (χ0) is 12.1. The molecule has 0 aliphatic carbocycles. The maximum Gasteiger partial charge on any atom is 0.313 e. The maximum absolute atomic E-state index is 11.3. The highest BCUT2D eigenvalue weighted by Crippen LogP contribution is 2.10. The van der Waals surface area contributed by atoms with Gasteiger partial charge in [0.05, 0.1) is 0 Å². The Labute approximate surface area is 92.2 Å². The predicted molar refractivity (Wildman–Crippen MR) is 59.5 cm³/mol. The van der Waals surface area contributed by atoms with E-state index in [9.17, 15) is 9.59 Å². The Kier molecular flexibility index (Phi) is 5.55. The van der Waals surface area contributed by atoms with E-state index in [-0.39, 0.29) is 12.2 Å². The molecule has 0 aromatic carbocycles. The van der Waals surface area contributed by atoms with Gasteiger partial charge in [-0.1, -0.05) is 13.8 Å². The Morgan fingerprint density at radius 1 is 1.20 bits per heavy atom. The highest BCUT2D eigenvalue weighted by molar-refractivity contribution is 5.95. The lowest BCUT2D eigenvalue weighted by molar-refractivity contribution is -0.156. The number of ketones is 1. The molecule has 88 valence electrons. The highest BCUT2D eigenvalue weighted by atomic mass is 16.6. The number of Topliss-reactive ketones (excluding diaryl/α,β-unsaturated/α-hetero) is 1. The van der Waals surface area contributed by atoms with Crippen molar-refractivity contribution in [2.75, 3.05) is 0 Å². The zero-order valence-corrected chi connectivity index (χ0v) is 10.4. The van der Waals surface area contributed by atoms with Crippen LogP contribution in [0.25, 0.3) is 0 Å². The molecule has 0 atom stereocenters. The fraction of sp³-hybridized carbons (Fsp3) is 0.833. The molecule has 0 amide bonds. The standard InChI is InChI=1S/C12H22O3/c1-9(2)6-7-10(13)8-11(14)15-12(3,4)5/h9H,6-8H2,1-5H3. The number of carbonyl (C=O) groups is 2. The normalized spacial score (nSPS) is 11.6. The molecule has 0 unspecified atom stereocenters. The van der Waals surface area contributed by atoms with E-state index in [2.05, 4.69) is 13.8 Å². The molecule has 0 N–H and O–H groups in total. The van der Waals surface area contributed by atoms with Gasteiger partial charge in [-0.3, -0.25) is 9.59 Å². The Hall–Kier alpha value is -0.860. The van der Waals surface area contributed by atoms with Gasteiger partial charge < -0.3 is 4.74 Å². The van der Waals surface area contributed by atoms with E-state index in [1.54, 1.807) is 20.8 Å². The lowest BCUT2D eigenvalue weighted by Gasteiger charge is -2.19. The quantitative estimate of drug-likeness (QED) is 0.522. The number of ether oxygens (including phenoxy) is 1. The van der Waals surface area contributed by atoms with E-state index in [1.165, 1.54) is 0 Å². The van der Waals surface area contributed by atoms with Crippen LogP contribution in [0.5, 0.6) is 0 Å². The summed E-state index contributed by atoms with van der Waals surface area (Å²) >= 11 is 0. The van der Waals surface area contributed by atoms with E-state index in [4.69, 9.17) is 4.74 Å². The van der Waals surface area contributed by atoms with E-state index in [1.807, 2.05) is 0 Å². The molecule has 0 saturated heterocycles. The summed E-state index contributed by atoms with van der Waals surface area (Å²) in [6, 6.07) is 0. The van der Waals surface area contributed by atoms with Crippen LogP contribution < -0.4 is 0 Å². The van der Waals surface area contributed by atoms with Crippen molar-refractivity contribution in [3.63, 3.8) is 0 Å². The van der Waals surface area contributed by atoms with Crippen molar-refractivity contribution in [1.82, 2.24) is 0 Å². The zero-order valence-electron chi connectivity index (χ0n) is 10.4. The Balaban J connectivity index is 3.82. The number of carbonyl (C=O) groups excluding carboxylic acids is 2. The molecule has 0 aromatic heterocycles. The smallest absolute Gasteiger partial charge is 0.313 e. The molecule has 0 bridgehead atoms. The monoisotopic (exact) mass is 214 g/mol. The minimum atomic E-state index is -0.505. The van der Waals surface area contributed by atoms with Crippen molar-refractivity contribution in [2.45, 2.75) is 59.5 Å². The van der Waals surface area contributed by atoms with Crippen molar-refractivity contribution in [2.24, 2.45) is 5.92 Å². The number of hydrogen-bond acceptors (Lipinski definition) is 3. The van der Waals surface area contributed by atoms with Gasteiger partial charge in [0.1, 0.15) is 17.8 Å². The Bertz CT molecular complexity index is 224. The number of hydrogen-bond donors (Lipinski definition) is 0. The van der Waals surface area contributed by atoms with Gasteiger partial charge >= 0.3 is 5.97 Å². The second-order valence-corrected chi connectivity index (χ2v) is 5.23. The average Bonchev–Trinajstić information content (AvgIpc) is 1.96. The van der Waals surface area contributed by atoms with Crippen molar-refractivity contribution in [1.29, 1.82) is 0 Å². The van der Waals surface area contributed by atoms with Gasteiger partial charge in [0, 0.05) is 6.42 Å². The first-order valence-electron chi connectivity index (χ1n) is 5.44. The topological polar surface area (TPSA) is 43.4 Å². The summed E-state index contributed by atoms with van der Waals surface area (Å²) in [5, 5.41) is 0. The molecule has 3 heteroatoms. The molecular weight excluding hydrogens is 192 g/mol. The van der Waals surface area contributed by atoms with Gasteiger partial charge in [0.15, 0.2) is 0 Å². The fourth-order valence-electron chi connectivity index (χ4n) is 1.08. The molecule has 0 rings (SSSR count). The third-order valence-corrected chi connectivity index (χ3v) is 1.76. The number of rotatable bonds is 5. The van der Waals surface area contributed by atoms with Gasteiger partial charge in [-0.25, -0.2) is 0 Å². The molecule has 0 fully saturated rings. The molecule has 3 nitrogen and oxygen atoms in total. The summed E-state index contributed by atoms with van der Waals surface area (Å²) in [5.41, 5.74) is -0.505. The van der Waals surface area contributed by atoms with Crippen LogP contribution in [0.3, 0.4) is 0 Å². The van der Waals surface area contributed by atoms with Gasteiger partial charge in [-0.15, -0.1) is 0 Å². The minimum Gasteiger partial charge on any atom is -0.460 e. The molecular formula is C12H22O3. The Morgan fingerprint density at radius 2 is 1.73 bits per heavy atom. The van der Waals surface area contributed by atoms with E-state index < -0.39 is 11.6 Å². The van der Waals surface area contributed by atoms with E-state index >= 15 is 0 Å². The first-order chi connectivity index (χ1) is 6.70. The predicted octanol–water partition coefficient (Wildman–Crippen LogP) is 2.72.